The van der Waals surface area contributed by atoms with Crippen molar-refractivity contribution in [1.29, 1.82) is 0 Å². The predicted molar refractivity (Wildman–Crippen MR) is 78.6 cm³/mol. The van der Waals surface area contributed by atoms with Gasteiger partial charge >= 0.3 is 0 Å². The van der Waals surface area contributed by atoms with Crippen molar-refractivity contribution in [3.63, 3.8) is 0 Å². The van der Waals surface area contributed by atoms with E-state index in [4.69, 9.17) is 4.74 Å². The third kappa shape index (κ3) is 2.83. The monoisotopic (exact) mass is 259 g/mol. The molecule has 0 bridgehead atoms. The topological polar surface area (TPSA) is 12.5 Å². The van der Waals surface area contributed by atoms with Gasteiger partial charge in [0.1, 0.15) is 12.4 Å². The van der Waals surface area contributed by atoms with Gasteiger partial charge in [-0.1, -0.05) is 36.9 Å². The molecule has 0 saturated heterocycles. The average molecular weight is 259 g/mol. The van der Waals surface area contributed by atoms with E-state index in [1.165, 1.54) is 5.56 Å². The summed E-state index contributed by atoms with van der Waals surface area (Å²) < 4.78 is 5.84. The van der Waals surface area contributed by atoms with Crippen LogP contribution in [0.2, 0.25) is 0 Å². The minimum Gasteiger partial charge on any atom is -0.488 e. The first-order valence-corrected chi connectivity index (χ1v) is 6.76. The molecule has 3 heteroatoms. The Hall–Kier alpha value is -1.53. The number of allylic oxidation sites excluding steroid dienone is 2. The maximum absolute atomic E-state index is 5.84. The Kier molecular flexibility index (Phi) is 4.22. The second kappa shape index (κ2) is 5.88. The zero-order chi connectivity index (χ0) is 13.0. The molecule has 1 aliphatic rings. The van der Waals surface area contributed by atoms with Gasteiger partial charge in [-0.3, -0.25) is 0 Å². The van der Waals surface area contributed by atoms with Crippen molar-refractivity contribution in [3.05, 3.63) is 71.8 Å². The molecule has 0 aliphatic carbocycles. The number of hydrogen-bond acceptors (Lipinski definition) is 2. The highest BCUT2D eigenvalue weighted by Gasteiger charge is 2.14. The van der Waals surface area contributed by atoms with Crippen LogP contribution in [0, 0.1) is 0 Å². The second-order valence-corrected chi connectivity index (χ2v) is 4.54. The lowest BCUT2D eigenvalue weighted by Crippen LogP contribution is -2.18. The van der Waals surface area contributed by atoms with Gasteiger partial charge in [0.05, 0.1) is 0 Å². The van der Waals surface area contributed by atoms with Crippen molar-refractivity contribution >= 4 is 9.24 Å². The summed E-state index contributed by atoms with van der Waals surface area (Å²) >= 11 is 0. The fourth-order valence-electron chi connectivity index (χ4n) is 1.79. The van der Waals surface area contributed by atoms with E-state index >= 15 is 0 Å². The maximum Gasteiger partial charge on any atom is 0.126 e. The third-order valence-electron chi connectivity index (χ3n) is 2.99. The van der Waals surface area contributed by atoms with E-state index in [2.05, 4.69) is 32.9 Å². The highest BCUT2D eigenvalue weighted by Crippen LogP contribution is 2.25. The Morgan fingerprint density at radius 2 is 2.00 bits per heavy atom. The summed E-state index contributed by atoms with van der Waals surface area (Å²) in [5, 5.41) is 0. The molecule has 1 atom stereocenters. The van der Waals surface area contributed by atoms with Gasteiger partial charge in [0.2, 0.25) is 0 Å². The van der Waals surface area contributed by atoms with Crippen LogP contribution < -0.4 is 0 Å². The van der Waals surface area contributed by atoms with Gasteiger partial charge < -0.3 is 9.64 Å². The van der Waals surface area contributed by atoms with E-state index in [9.17, 15) is 0 Å². The summed E-state index contributed by atoms with van der Waals surface area (Å²) in [6.07, 6.45) is 4.85. The summed E-state index contributed by atoms with van der Waals surface area (Å²) in [4.78, 5) is 2.08. The summed E-state index contributed by atoms with van der Waals surface area (Å²) in [7, 11) is 2.69. The standard InChI is InChI=1S/C15H18NOP/c1-12-13(2)16(11-18)9-8-15(12)17-10-14-6-4-3-5-7-14/h3-9H,2,10-11,18H2,1H3. The van der Waals surface area contributed by atoms with E-state index in [1.54, 1.807) is 0 Å². The molecule has 94 valence electrons. The number of nitrogens with zero attached hydrogens (tertiary/aromatic N) is 1. The van der Waals surface area contributed by atoms with Crippen LogP contribution in [0.1, 0.15) is 12.5 Å². The minimum absolute atomic E-state index is 0.589. The second-order valence-electron chi connectivity index (χ2n) is 4.18. The van der Waals surface area contributed by atoms with Crippen molar-refractivity contribution in [2.45, 2.75) is 13.5 Å². The summed E-state index contributed by atoms with van der Waals surface area (Å²) in [5.41, 5.74) is 3.26. The molecule has 18 heavy (non-hydrogen) atoms. The van der Waals surface area contributed by atoms with Gasteiger partial charge in [0.25, 0.3) is 0 Å². The first-order valence-electron chi connectivity index (χ1n) is 5.94. The Labute approximate surface area is 111 Å². The van der Waals surface area contributed by atoms with Gasteiger partial charge in [0.15, 0.2) is 0 Å². The molecule has 2 rings (SSSR count). The molecule has 0 spiro atoms. The van der Waals surface area contributed by atoms with Crippen LogP contribution in [-0.4, -0.2) is 11.2 Å². The minimum atomic E-state index is 0.589. The van der Waals surface area contributed by atoms with Crippen LogP contribution in [0.3, 0.4) is 0 Å². The maximum atomic E-state index is 5.84. The van der Waals surface area contributed by atoms with E-state index in [-0.39, 0.29) is 0 Å². The molecule has 0 aromatic heterocycles. The van der Waals surface area contributed by atoms with Gasteiger partial charge in [-0.15, -0.1) is 9.24 Å². The Bertz CT molecular complexity index is 490. The van der Waals surface area contributed by atoms with Crippen molar-refractivity contribution < 1.29 is 4.74 Å². The van der Waals surface area contributed by atoms with Crippen LogP contribution in [0.5, 0.6) is 0 Å². The van der Waals surface area contributed by atoms with Crippen LogP contribution >= 0.6 is 9.24 Å². The lowest BCUT2D eigenvalue weighted by atomic mass is 10.1. The molecule has 0 saturated carbocycles. The Morgan fingerprint density at radius 1 is 1.28 bits per heavy atom. The molecule has 1 aromatic rings. The molecule has 1 aromatic carbocycles. The van der Waals surface area contributed by atoms with Crippen molar-refractivity contribution in [2.24, 2.45) is 0 Å². The molecule has 1 aliphatic heterocycles. The predicted octanol–water partition coefficient (Wildman–Crippen LogP) is 3.65. The summed E-state index contributed by atoms with van der Waals surface area (Å²) in [5.74, 6) is 0.901. The molecule has 1 unspecified atom stereocenters. The third-order valence-corrected chi connectivity index (χ3v) is 3.38. The fraction of sp³-hybridized carbons (Fsp3) is 0.200. The Balaban J connectivity index is 2.04. The number of rotatable bonds is 4. The van der Waals surface area contributed by atoms with Crippen LogP contribution in [0.25, 0.3) is 0 Å². The molecule has 1 heterocycles. The van der Waals surface area contributed by atoms with E-state index in [1.807, 2.05) is 37.4 Å². The number of ether oxygens (including phenoxy) is 1. The molecular weight excluding hydrogens is 241 g/mol. The van der Waals surface area contributed by atoms with E-state index in [0.717, 1.165) is 23.3 Å². The van der Waals surface area contributed by atoms with Crippen LogP contribution in [0.4, 0.5) is 0 Å². The SMILES string of the molecule is C=C1C(C)=C(OCc2ccccc2)C=CN1CP. The molecule has 0 amide bonds. The molecular formula is C15H18NOP. The first-order chi connectivity index (χ1) is 8.72. The molecule has 0 N–H and O–H groups in total. The van der Waals surface area contributed by atoms with E-state index in [0.29, 0.717) is 6.61 Å². The summed E-state index contributed by atoms with van der Waals surface area (Å²) in [6, 6.07) is 10.2. The van der Waals surface area contributed by atoms with E-state index < -0.39 is 0 Å². The Morgan fingerprint density at radius 3 is 2.67 bits per heavy atom. The highest BCUT2D eigenvalue weighted by atomic mass is 31.0. The van der Waals surface area contributed by atoms with Crippen molar-refractivity contribution in [2.75, 3.05) is 6.29 Å². The first kappa shape index (κ1) is 12.9. The lowest BCUT2D eigenvalue weighted by molar-refractivity contribution is 0.205. The van der Waals surface area contributed by atoms with Crippen molar-refractivity contribution in [3.8, 4) is 0 Å². The fourth-order valence-corrected chi connectivity index (χ4v) is 2.14. The molecule has 0 radical (unpaired) electrons. The largest absolute Gasteiger partial charge is 0.488 e. The highest BCUT2D eigenvalue weighted by molar-refractivity contribution is 7.16. The van der Waals surface area contributed by atoms with Crippen molar-refractivity contribution in [1.82, 2.24) is 4.90 Å². The van der Waals surface area contributed by atoms with Gasteiger partial charge in [-0.2, -0.15) is 0 Å². The molecule has 2 nitrogen and oxygen atoms in total. The number of benzene rings is 1. The lowest BCUT2D eigenvalue weighted by Gasteiger charge is -2.26. The summed E-state index contributed by atoms with van der Waals surface area (Å²) in [6.45, 7) is 6.71. The quantitative estimate of drug-likeness (QED) is 0.765. The molecule has 0 fully saturated rings. The average Bonchev–Trinajstić information content (AvgIpc) is 2.42. The van der Waals surface area contributed by atoms with Gasteiger partial charge in [-0.25, -0.2) is 0 Å². The van der Waals surface area contributed by atoms with Crippen LogP contribution in [0.15, 0.2) is 66.2 Å². The zero-order valence-corrected chi connectivity index (χ0v) is 11.8. The normalized spacial score (nSPS) is 15.2. The van der Waals surface area contributed by atoms with Gasteiger partial charge in [-0.05, 0) is 18.6 Å². The number of hydrogen-bond donors (Lipinski definition) is 0. The zero-order valence-electron chi connectivity index (χ0n) is 10.6. The van der Waals surface area contributed by atoms with Gasteiger partial charge in [0, 0.05) is 23.8 Å². The van der Waals surface area contributed by atoms with Crippen LogP contribution in [-0.2, 0) is 11.3 Å². The smallest absolute Gasteiger partial charge is 0.126 e.